The summed E-state index contributed by atoms with van der Waals surface area (Å²) in [6, 6.07) is -0.835. The van der Waals surface area contributed by atoms with Crippen LogP contribution in [-0.4, -0.2) is 87.5 Å². The van der Waals surface area contributed by atoms with E-state index in [-0.39, 0.29) is 12.5 Å². The number of carbonyl (C=O) groups excluding carboxylic acids is 1. The number of hydrogen-bond acceptors (Lipinski definition) is 8. The van der Waals surface area contributed by atoms with E-state index in [4.69, 9.17) is 9.47 Å². The Morgan fingerprint density at radius 2 is 0.851 bits per heavy atom. The molecule has 7 unspecified atom stereocenters. The number of nitrogens with one attached hydrogen (secondary N) is 1. The van der Waals surface area contributed by atoms with Crippen LogP contribution >= 0.6 is 0 Å². The van der Waals surface area contributed by atoms with Gasteiger partial charge >= 0.3 is 0 Å². The molecule has 0 radical (unpaired) electrons. The Kier molecular flexibility index (Phi) is 50.8. The minimum Gasteiger partial charge on any atom is -0.394 e. The zero-order valence-electron chi connectivity index (χ0n) is 47.8. The first-order chi connectivity index (χ1) is 36.3. The van der Waals surface area contributed by atoms with Gasteiger partial charge in [0.1, 0.15) is 24.4 Å². The molecule has 1 heterocycles. The van der Waals surface area contributed by atoms with Crippen LogP contribution in [0.3, 0.4) is 0 Å². The molecule has 1 aliphatic heterocycles. The second-order valence-corrected chi connectivity index (χ2v) is 21.5. The molecule has 9 nitrogen and oxygen atoms in total. The van der Waals surface area contributed by atoms with Gasteiger partial charge in [-0.05, 0) is 70.6 Å². The van der Waals surface area contributed by atoms with Gasteiger partial charge in [0.05, 0.1) is 25.4 Å². The summed E-state index contributed by atoms with van der Waals surface area (Å²) in [5, 5.41) is 54.5. The lowest BCUT2D eigenvalue weighted by Crippen LogP contribution is -2.60. The number of carbonyl (C=O) groups is 1. The van der Waals surface area contributed by atoms with Crippen molar-refractivity contribution in [1.29, 1.82) is 0 Å². The molecule has 430 valence electrons. The van der Waals surface area contributed by atoms with Crippen LogP contribution in [-0.2, 0) is 14.3 Å². The Morgan fingerprint density at radius 3 is 1.30 bits per heavy atom. The van der Waals surface area contributed by atoms with Crippen molar-refractivity contribution in [2.45, 2.75) is 320 Å². The molecule has 0 spiro atoms. The number of hydrogen-bond donors (Lipinski definition) is 6. The van der Waals surface area contributed by atoms with Crippen molar-refractivity contribution in [2.75, 3.05) is 13.2 Å². The largest absolute Gasteiger partial charge is 0.394 e. The summed E-state index contributed by atoms with van der Waals surface area (Å²) >= 11 is 0. The number of aliphatic hydroxyl groups excluding tert-OH is 5. The van der Waals surface area contributed by atoms with Crippen LogP contribution in [0.5, 0.6) is 0 Å². The molecule has 0 bridgehead atoms. The van der Waals surface area contributed by atoms with Crippen LogP contribution in [0.15, 0.2) is 72.9 Å². The van der Waals surface area contributed by atoms with Gasteiger partial charge in [-0.3, -0.25) is 4.79 Å². The summed E-state index contributed by atoms with van der Waals surface area (Å²) in [7, 11) is 0. The van der Waals surface area contributed by atoms with E-state index >= 15 is 0 Å². The number of ether oxygens (including phenoxy) is 2. The fourth-order valence-corrected chi connectivity index (χ4v) is 9.64. The number of amides is 1. The normalized spacial score (nSPS) is 19.5. The highest BCUT2D eigenvalue weighted by Gasteiger charge is 2.44. The predicted octanol–water partition coefficient (Wildman–Crippen LogP) is 16.0. The van der Waals surface area contributed by atoms with Gasteiger partial charge in [0.15, 0.2) is 6.29 Å². The fraction of sp³-hybridized carbons (Fsp3) is 0.800. The van der Waals surface area contributed by atoms with E-state index < -0.39 is 49.5 Å². The van der Waals surface area contributed by atoms with Crippen LogP contribution in [0, 0.1) is 0 Å². The maximum Gasteiger partial charge on any atom is 0.220 e. The molecular weight excluding hydrogens is 923 g/mol. The molecule has 1 amide bonds. The second-order valence-electron chi connectivity index (χ2n) is 21.5. The molecule has 1 rings (SSSR count). The zero-order chi connectivity index (χ0) is 53.6. The molecule has 74 heavy (non-hydrogen) atoms. The molecule has 1 aliphatic rings. The van der Waals surface area contributed by atoms with E-state index in [1.165, 1.54) is 167 Å². The third-order valence-electron chi connectivity index (χ3n) is 14.5. The van der Waals surface area contributed by atoms with Crippen LogP contribution in [0.4, 0.5) is 0 Å². The summed E-state index contributed by atoms with van der Waals surface area (Å²) in [5.74, 6) is -0.201. The minimum absolute atomic E-state index is 0.201. The average Bonchev–Trinajstić information content (AvgIpc) is 3.40. The van der Waals surface area contributed by atoms with Gasteiger partial charge in [-0.25, -0.2) is 0 Å². The fourth-order valence-electron chi connectivity index (χ4n) is 9.64. The van der Waals surface area contributed by atoms with Crippen LogP contribution in [0.1, 0.15) is 277 Å². The minimum atomic E-state index is -1.58. The Labute approximate surface area is 455 Å². The van der Waals surface area contributed by atoms with Crippen molar-refractivity contribution >= 4 is 5.91 Å². The Morgan fingerprint density at radius 1 is 0.473 bits per heavy atom. The van der Waals surface area contributed by atoms with Gasteiger partial charge in [-0.15, -0.1) is 0 Å². The molecule has 0 aromatic rings. The van der Waals surface area contributed by atoms with Crippen molar-refractivity contribution < 1.29 is 39.8 Å². The average molecular weight is 1040 g/mol. The highest BCUT2D eigenvalue weighted by Crippen LogP contribution is 2.23. The molecule has 0 aliphatic carbocycles. The van der Waals surface area contributed by atoms with E-state index in [0.717, 1.165) is 89.9 Å². The molecule has 0 aromatic carbocycles. The molecule has 0 saturated carbocycles. The molecule has 0 aromatic heterocycles. The molecule has 9 heteroatoms. The van der Waals surface area contributed by atoms with Gasteiger partial charge in [0.2, 0.25) is 5.91 Å². The standard InChI is InChI=1S/C65H117NO8/c1-3-5-7-9-11-13-15-17-19-21-23-24-25-26-27-28-29-30-31-32-33-34-35-37-38-40-42-44-46-48-50-52-54-59(68)58(57-73-65-64(72)63(71)62(70)60(56-67)74-65)66-61(69)55-53-51-49-47-45-43-41-39-36-22-20-18-16-14-12-10-8-6-4-2/h6,8,12,14,18,20,36,39,44,46,52,54,58-60,62-65,67-68,70-72H,3-5,7,9-11,13,15-17,19,21-35,37-38,40-43,45,47-51,53,55-57H2,1-2H3,(H,66,69)/b8-6-,14-12-,20-18-,39-36-,46-44+,54-52+. The summed E-state index contributed by atoms with van der Waals surface area (Å²) < 4.78 is 11.3. The first-order valence-electron chi connectivity index (χ1n) is 31.2. The summed E-state index contributed by atoms with van der Waals surface area (Å²) in [4.78, 5) is 13.1. The molecule has 6 N–H and O–H groups in total. The summed E-state index contributed by atoms with van der Waals surface area (Å²) in [5.41, 5.74) is 0. The number of unbranched alkanes of at least 4 members (excludes halogenated alkanes) is 33. The van der Waals surface area contributed by atoms with Crippen LogP contribution < -0.4 is 5.32 Å². The van der Waals surface area contributed by atoms with E-state index in [2.05, 4.69) is 79.9 Å². The van der Waals surface area contributed by atoms with Crippen LogP contribution in [0.25, 0.3) is 0 Å². The molecule has 1 saturated heterocycles. The number of rotatable bonds is 53. The first-order valence-corrected chi connectivity index (χ1v) is 31.2. The van der Waals surface area contributed by atoms with Gasteiger partial charge < -0.3 is 40.3 Å². The maximum atomic E-state index is 13.1. The van der Waals surface area contributed by atoms with Crippen molar-refractivity contribution in [3.63, 3.8) is 0 Å². The predicted molar refractivity (Wildman–Crippen MR) is 313 cm³/mol. The third-order valence-corrected chi connectivity index (χ3v) is 14.5. The second kappa shape index (κ2) is 54.0. The number of allylic oxidation sites excluding steroid dienone is 11. The lowest BCUT2D eigenvalue weighted by molar-refractivity contribution is -0.302. The van der Waals surface area contributed by atoms with Gasteiger partial charge in [0, 0.05) is 6.42 Å². The van der Waals surface area contributed by atoms with Gasteiger partial charge in [-0.1, -0.05) is 273 Å². The Balaban J connectivity index is 2.19. The van der Waals surface area contributed by atoms with Gasteiger partial charge in [-0.2, -0.15) is 0 Å². The topological polar surface area (TPSA) is 149 Å². The lowest BCUT2D eigenvalue weighted by atomic mass is 9.99. The quantitative estimate of drug-likeness (QED) is 0.0261. The highest BCUT2D eigenvalue weighted by molar-refractivity contribution is 5.76. The first kappa shape index (κ1) is 69.6. The van der Waals surface area contributed by atoms with Crippen molar-refractivity contribution in [3.8, 4) is 0 Å². The van der Waals surface area contributed by atoms with Crippen LogP contribution in [0.2, 0.25) is 0 Å². The van der Waals surface area contributed by atoms with Crippen molar-refractivity contribution in [2.24, 2.45) is 0 Å². The van der Waals surface area contributed by atoms with Crippen molar-refractivity contribution in [3.05, 3.63) is 72.9 Å². The molecule has 7 atom stereocenters. The monoisotopic (exact) mass is 1040 g/mol. The summed E-state index contributed by atoms with van der Waals surface area (Å²) in [6.45, 7) is 3.66. The lowest BCUT2D eigenvalue weighted by Gasteiger charge is -2.40. The van der Waals surface area contributed by atoms with E-state index in [0.29, 0.717) is 6.42 Å². The zero-order valence-corrected chi connectivity index (χ0v) is 47.8. The van der Waals surface area contributed by atoms with E-state index in [9.17, 15) is 30.3 Å². The van der Waals surface area contributed by atoms with Crippen molar-refractivity contribution in [1.82, 2.24) is 5.32 Å². The maximum absolute atomic E-state index is 13.1. The Bertz CT molecular complexity index is 1390. The molecular formula is C65H117NO8. The SMILES string of the molecule is CC/C=C\C/C=C\C/C=C\C/C=C\CCCCCCCCC(=O)NC(COC1OC(CO)C(O)C(O)C1O)C(O)/C=C/CC/C=C/CCCCCCCCCCCCCCCCCCCCCCCCCCCC. The van der Waals surface area contributed by atoms with Gasteiger partial charge in [0.25, 0.3) is 0 Å². The Hall–Kier alpha value is -2.37. The van der Waals surface area contributed by atoms with E-state index in [1.807, 2.05) is 6.08 Å². The highest BCUT2D eigenvalue weighted by atomic mass is 16.7. The third kappa shape index (κ3) is 42.7. The smallest absolute Gasteiger partial charge is 0.220 e. The van der Waals surface area contributed by atoms with E-state index in [1.54, 1.807) is 6.08 Å². The number of aliphatic hydroxyl groups is 5. The summed E-state index contributed by atoms with van der Waals surface area (Å²) in [6.07, 6.45) is 68.5. The molecule has 1 fully saturated rings.